The van der Waals surface area contributed by atoms with E-state index < -0.39 is 0 Å². The van der Waals surface area contributed by atoms with Gasteiger partial charge < -0.3 is 9.47 Å². The molecule has 2 aromatic rings. The van der Waals surface area contributed by atoms with E-state index in [0.717, 1.165) is 37.6 Å². The first-order valence-electron chi connectivity index (χ1n) is 8.49. The van der Waals surface area contributed by atoms with Gasteiger partial charge in [0.2, 0.25) is 0 Å². The van der Waals surface area contributed by atoms with Gasteiger partial charge in [-0.1, -0.05) is 19.1 Å². The number of methoxy groups -OCH3 is 1. The van der Waals surface area contributed by atoms with Gasteiger partial charge in [0.25, 0.3) is 0 Å². The highest BCUT2D eigenvalue weighted by molar-refractivity contribution is 5.29. The van der Waals surface area contributed by atoms with Crippen molar-refractivity contribution >= 4 is 0 Å². The van der Waals surface area contributed by atoms with Crippen LogP contribution < -0.4 is 4.74 Å². The van der Waals surface area contributed by atoms with Crippen LogP contribution in [0.25, 0.3) is 0 Å². The van der Waals surface area contributed by atoms with Crippen LogP contribution in [0.3, 0.4) is 0 Å². The van der Waals surface area contributed by atoms with E-state index in [0.29, 0.717) is 5.92 Å². The second-order valence-electron chi connectivity index (χ2n) is 6.89. The molecule has 130 valence electrons. The van der Waals surface area contributed by atoms with Gasteiger partial charge in [0.1, 0.15) is 11.4 Å². The number of hydrogen-bond donors (Lipinski definition) is 0. The van der Waals surface area contributed by atoms with Gasteiger partial charge in [-0.2, -0.15) is 5.10 Å². The summed E-state index contributed by atoms with van der Waals surface area (Å²) in [6, 6.07) is 8.38. The molecule has 0 aliphatic carbocycles. The predicted molar refractivity (Wildman–Crippen MR) is 94.4 cm³/mol. The van der Waals surface area contributed by atoms with Crippen LogP contribution in [0.4, 0.5) is 0 Å². The SMILES string of the molecule is COc1ccc(C(C)CN2CCOC(C)(c3cnn(C)c3)C2)cc1. The molecule has 0 radical (unpaired) electrons. The van der Waals surface area contributed by atoms with E-state index in [-0.39, 0.29) is 5.60 Å². The van der Waals surface area contributed by atoms with E-state index >= 15 is 0 Å². The lowest BCUT2D eigenvalue weighted by Crippen LogP contribution is -2.49. The van der Waals surface area contributed by atoms with Crippen molar-refractivity contribution in [2.24, 2.45) is 7.05 Å². The summed E-state index contributed by atoms with van der Waals surface area (Å²) in [7, 11) is 3.64. The third kappa shape index (κ3) is 3.62. The Labute approximate surface area is 144 Å². The molecule has 24 heavy (non-hydrogen) atoms. The van der Waals surface area contributed by atoms with Gasteiger partial charge in [-0.25, -0.2) is 0 Å². The third-order valence-corrected chi connectivity index (χ3v) is 4.89. The van der Waals surface area contributed by atoms with Crippen molar-refractivity contribution in [3.63, 3.8) is 0 Å². The third-order valence-electron chi connectivity index (χ3n) is 4.89. The average Bonchev–Trinajstić information content (AvgIpc) is 3.02. The molecule has 1 saturated heterocycles. The summed E-state index contributed by atoms with van der Waals surface area (Å²) in [5.74, 6) is 1.37. The lowest BCUT2D eigenvalue weighted by molar-refractivity contribution is -0.104. The molecule has 1 aliphatic rings. The number of rotatable bonds is 5. The number of morpholine rings is 1. The normalized spacial score (nSPS) is 23.2. The standard InChI is InChI=1S/C19H27N3O2/c1-15(16-5-7-18(23-4)8-6-16)12-22-9-10-24-19(2,14-22)17-11-20-21(3)13-17/h5-8,11,13,15H,9-10,12,14H2,1-4H3. The Hall–Kier alpha value is -1.85. The minimum atomic E-state index is -0.286. The lowest BCUT2D eigenvalue weighted by atomic mass is 9.95. The summed E-state index contributed by atoms with van der Waals surface area (Å²) in [5, 5.41) is 4.29. The molecule has 0 amide bonds. The second kappa shape index (κ2) is 6.95. The van der Waals surface area contributed by atoms with Gasteiger partial charge >= 0.3 is 0 Å². The maximum Gasteiger partial charge on any atom is 0.118 e. The zero-order valence-electron chi connectivity index (χ0n) is 15.0. The first kappa shape index (κ1) is 17.0. The Kier molecular flexibility index (Phi) is 4.92. The molecule has 2 heterocycles. The van der Waals surface area contributed by atoms with Crippen LogP contribution in [0, 0.1) is 0 Å². The van der Waals surface area contributed by atoms with Crippen LogP contribution in [0.2, 0.25) is 0 Å². The molecular weight excluding hydrogens is 302 g/mol. The average molecular weight is 329 g/mol. The van der Waals surface area contributed by atoms with Crippen molar-refractivity contribution in [1.29, 1.82) is 0 Å². The predicted octanol–water partition coefficient (Wildman–Crippen LogP) is 2.78. The quantitative estimate of drug-likeness (QED) is 0.846. The monoisotopic (exact) mass is 329 g/mol. The molecule has 2 atom stereocenters. The van der Waals surface area contributed by atoms with Crippen molar-refractivity contribution in [3.8, 4) is 5.75 Å². The van der Waals surface area contributed by atoms with E-state index in [1.54, 1.807) is 7.11 Å². The Balaban J connectivity index is 1.66. The van der Waals surface area contributed by atoms with E-state index in [2.05, 4.69) is 42.2 Å². The Bertz CT molecular complexity index is 668. The van der Waals surface area contributed by atoms with Crippen molar-refractivity contribution in [2.45, 2.75) is 25.4 Å². The molecule has 5 heteroatoms. The Morgan fingerprint density at radius 3 is 2.71 bits per heavy atom. The first-order chi connectivity index (χ1) is 11.5. The largest absolute Gasteiger partial charge is 0.497 e. The smallest absolute Gasteiger partial charge is 0.118 e. The maximum atomic E-state index is 6.10. The van der Waals surface area contributed by atoms with Crippen molar-refractivity contribution < 1.29 is 9.47 Å². The molecular formula is C19H27N3O2. The topological polar surface area (TPSA) is 39.5 Å². The van der Waals surface area contributed by atoms with E-state index in [9.17, 15) is 0 Å². The molecule has 0 spiro atoms. The highest BCUT2D eigenvalue weighted by Crippen LogP contribution is 2.30. The lowest BCUT2D eigenvalue weighted by Gasteiger charge is -2.41. The van der Waals surface area contributed by atoms with Gasteiger partial charge in [0, 0.05) is 38.4 Å². The minimum absolute atomic E-state index is 0.286. The molecule has 3 rings (SSSR count). The highest BCUT2D eigenvalue weighted by atomic mass is 16.5. The van der Waals surface area contributed by atoms with Crippen LogP contribution in [-0.2, 0) is 17.4 Å². The summed E-state index contributed by atoms with van der Waals surface area (Å²) < 4.78 is 13.2. The van der Waals surface area contributed by atoms with Gasteiger partial charge in [-0.15, -0.1) is 0 Å². The molecule has 1 aliphatic heterocycles. The summed E-state index contributed by atoms with van der Waals surface area (Å²) in [5.41, 5.74) is 2.20. The molecule has 2 unspecified atom stereocenters. The Morgan fingerprint density at radius 2 is 2.08 bits per heavy atom. The zero-order chi connectivity index (χ0) is 17.2. The van der Waals surface area contributed by atoms with E-state index in [4.69, 9.17) is 9.47 Å². The van der Waals surface area contributed by atoms with Crippen LogP contribution in [0.15, 0.2) is 36.7 Å². The van der Waals surface area contributed by atoms with Crippen molar-refractivity contribution in [3.05, 3.63) is 47.8 Å². The molecule has 0 N–H and O–H groups in total. The van der Waals surface area contributed by atoms with Crippen LogP contribution >= 0.6 is 0 Å². The van der Waals surface area contributed by atoms with Crippen molar-refractivity contribution in [1.82, 2.24) is 14.7 Å². The highest BCUT2D eigenvalue weighted by Gasteiger charge is 2.35. The van der Waals surface area contributed by atoms with E-state index in [1.807, 2.05) is 30.1 Å². The fourth-order valence-corrected chi connectivity index (χ4v) is 3.40. The fourth-order valence-electron chi connectivity index (χ4n) is 3.40. The summed E-state index contributed by atoms with van der Waals surface area (Å²) in [6.07, 6.45) is 3.97. The van der Waals surface area contributed by atoms with Crippen LogP contribution in [-0.4, -0.2) is 48.0 Å². The number of hydrogen-bond acceptors (Lipinski definition) is 4. The zero-order valence-corrected chi connectivity index (χ0v) is 15.0. The summed E-state index contributed by atoms with van der Waals surface area (Å²) >= 11 is 0. The Morgan fingerprint density at radius 1 is 1.33 bits per heavy atom. The van der Waals surface area contributed by atoms with Crippen molar-refractivity contribution in [2.75, 3.05) is 33.4 Å². The molecule has 1 fully saturated rings. The number of aryl methyl sites for hydroxylation is 1. The fraction of sp³-hybridized carbons (Fsp3) is 0.526. The van der Waals surface area contributed by atoms with Crippen LogP contribution in [0.1, 0.15) is 30.9 Å². The molecule has 0 saturated carbocycles. The number of nitrogens with zero attached hydrogens (tertiary/aromatic N) is 3. The molecule has 0 bridgehead atoms. The minimum Gasteiger partial charge on any atom is -0.497 e. The van der Waals surface area contributed by atoms with Gasteiger partial charge in [0.05, 0.1) is 19.9 Å². The van der Waals surface area contributed by atoms with Crippen LogP contribution in [0.5, 0.6) is 5.75 Å². The summed E-state index contributed by atoms with van der Waals surface area (Å²) in [6.45, 7) is 8.06. The van der Waals surface area contributed by atoms with Gasteiger partial charge in [0.15, 0.2) is 0 Å². The number of aromatic nitrogens is 2. The van der Waals surface area contributed by atoms with Gasteiger partial charge in [-0.3, -0.25) is 9.58 Å². The van der Waals surface area contributed by atoms with E-state index in [1.165, 1.54) is 5.56 Å². The number of benzene rings is 1. The number of ether oxygens (including phenoxy) is 2. The van der Waals surface area contributed by atoms with Gasteiger partial charge in [-0.05, 0) is 30.5 Å². The maximum absolute atomic E-state index is 6.10. The first-order valence-corrected chi connectivity index (χ1v) is 8.49. The second-order valence-corrected chi connectivity index (χ2v) is 6.89. The molecule has 1 aromatic carbocycles. The summed E-state index contributed by atoms with van der Waals surface area (Å²) in [4.78, 5) is 2.49. The molecule has 1 aromatic heterocycles. The molecule has 5 nitrogen and oxygen atoms in total.